The van der Waals surface area contributed by atoms with Gasteiger partial charge >= 0.3 is 0 Å². The number of rotatable bonds is 6. The maximum atomic E-state index is 9.02. The van der Waals surface area contributed by atoms with Crippen molar-refractivity contribution in [3.63, 3.8) is 0 Å². The Balaban J connectivity index is 1.88. The van der Waals surface area contributed by atoms with Crippen molar-refractivity contribution in [2.24, 2.45) is 0 Å². The highest BCUT2D eigenvalue weighted by Gasteiger charge is 2.15. The van der Waals surface area contributed by atoms with Crippen molar-refractivity contribution in [2.75, 3.05) is 6.61 Å². The van der Waals surface area contributed by atoms with Gasteiger partial charge in [0.15, 0.2) is 5.69 Å². The van der Waals surface area contributed by atoms with Gasteiger partial charge in [-0.15, -0.1) is 5.10 Å². The Bertz CT molecular complexity index is 628. The summed E-state index contributed by atoms with van der Waals surface area (Å²) in [6.07, 6.45) is 0.788. The van der Waals surface area contributed by atoms with E-state index in [0.29, 0.717) is 23.9 Å². The molecule has 0 bridgehead atoms. The fourth-order valence-corrected chi connectivity index (χ4v) is 2.20. The lowest BCUT2D eigenvalue weighted by atomic mass is 10.1. The first-order valence-corrected chi connectivity index (χ1v) is 7.21. The van der Waals surface area contributed by atoms with Gasteiger partial charge in [-0.05, 0) is 30.2 Å². The van der Waals surface area contributed by atoms with Crippen LogP contribution < -0.4 is 4.74 Å². The van der Waals surface area contributed by atoms with E-state index < -0.39 is 0 Å². The number of nitrogens with zero attached hydrogens (tertiary/aromatic N) is 4. The maximum absolute atomic E-state index is 9.02. The Morgan fingerprint density at radius 2 is 2.05 bits per heavy atom. The average Bonchev–Trinajstić information content (AvgIpc) is 2.88. The lowest BCUT2D eigenvalue weighted by Crippen LogP contribution is -2.10. The van der Waals surface area contributed by atoms with Gasteiger partial charge in [-0.25, -0.2) is 4.68 Å². The lowest BCUT2D eigenvalue weighted by Gasteiger charge is -2.10. The molecule has 2 aromatic rings. The summed E-state index contributed by atoms with van der Waals surface area (Å²) in [4.78, 5) is 0. The smallest absolute Gasteiger partial charge is 0.186 e. The summed E-state index contributed by atoms with van der Waals surface area (Å²) >= 11 is 5.82. The zero-order valence-electron chi connectivity index (χ0n) is 12.1. The molecular weight excluding hydrogens is 288 g/mol. The molecule has 0 radical (unpaired) electrons. The molecule has 1 aromatic carbocycles. The minimum Gasteiger partial charge on any atom is -0.494 e. The molecule has 0 aliphatic heterocycles. The minimum absolute atomic E-state index is 0.215. The van der Waals surface area contributed by atoms with Crippen LogP contribution in [0.1, 0.15) is 37.6 Å². The Morgan fingerprint density at radius 3 is 2.67 bits per heavy atom. The van der Waals surface area contributed by atoms with E-state index in [1.54, 1.807) is 16.8 Å². The monoisotopic (exact) mass is 304 g/mol. The molecule has 0 spiro atoms. The van der Waals surface area contributed by atoms with Crippen molar-refractivity contribution in [1.29, 1.82) is 5.26 Å². The van der Waals surface area contributed by atoms with Gasteiger partial charge in [-0.1, -0.05) is 30.7 Å². The van der Waals surface area contributed by atoms with Crippen molar-refractivity contribution in [1.82, 2.24) is 15.0 Å². The van der Waals surface area contributed by atoms with Crippen LogP contribution in [0.3, 0.4) is 0 Å². The zero-order chi connectivity index (χ0) is 15.2. The maximum Gasteiger partial charge on any atom is 0.186 e. The molecule has 0 saturated carbocycles. The Hall–Kier alpha value is -2.06. The average molecular weight is 305 g/mol. The molecule has 0 aliphatic carbocycles. The van der Waals surface area contributed by atoms with E-state index in [-0.39, 0.29) is 5.92 Å². The normalized spacial score (nSPS) is 10.6. The van der Waals surface area contributed by atoms with E-state index in [4.69, 9.17) is 21.6 Å². The van der Waals surface area contributed by atoms with E-state index >= 15 is 0 Å². The van der Waals surface area contributed by atoms with Gasteiger partial charge in [0.25, 0.3) is 0 Å². The highest BCUT2D eigenvalue weighted by Crippen LogP contribution is 2.18. The Morgan fingerprint density at radius 1 is 1.33 bits per heavy atom. The van der Waals surface area contributed by atoms with E-state index in [1.165, 1.54) is 0 Å². The molecule has 110 valence electrons. The molecule has 5 nitrogen and oxygen atoms in total. The number of halogens is 1. The predicted molar refractivity (Wildman–Crippen MR) is 80.4 cm³/mol. The number of nitriles is 1. The molecule has 2 rings (SSSR count). The number of ether oxygens (including phenoxy) is 1. The number of hydrogen-bond donors (Lipinski definition) is 0. The molecule has 0 unspecified atom stereocenters. The van der Waals surface area contributed by atoms with E-state index in [9.17, 15) is 0 Å². The SMILES string of the molecule is CC(C)c1c(C#N)nnn1CCCOc1ccc(Cl)cc1. The summed E-state index contributed by atoms with van der Waals surface area (Å²) in [5, 5.41) is 17.6. The van der Waals surface area contributed by atoms with Crippen molar-refractivity contribution in [3.8, 4) is 11.8 Å². The third-order valence-electron chi connectivity index (χ3n) is 3.02. The second-order valence-electron chi connectivity index (χ2n) is 4.97. The number of aryl methyl sites for hydroxylation is 1. The molecule has 21 heavy (non-hydrogen) atoms. The first-order chi connectivity index (χ1) is 10.1. The van der Waals surface area contributed by atoms with E-state index in [1.807, 2.05) is 26.0 Å². The van der Waals surface area contributed by atoms with E-state index in [0.717, 1.165) is 17.9 Å². The highest BCUT2D eigenvalue weighted by molar-refractivity contribution is 6.30. The Labute approximate surface area is 129 Å². The van der Waals surface area contributed by atoms with Gasteiger partial charge in [0.1, 0.15) is 11.8 Å². The lowest BCUT2D eigenvalue weighted by molar-refractivity contribution is 0.296. The molecule has 0 N–H and O–H groups in total. The molecule has 1 heterocycles. The number of aromatic nitrogens is 3. The first kappa shape index (κ1) is 15.3. The molecule has 0 saturated heterocycles. The fraction of sp³-hybridized carbons (Fsp3) is 0.400. The second-order valence-corrected chi connectivity index (χ2v) is 5.41. The van der Waals surface area contributed by atoms with E-state index in [2.05, 4.69) is 16.4 Å². The molecule has 1 aromatic heterocycles. The topological polar surface area (TPSA) is 63.7 Å². The summed E-state index contributed by atoms with van der Waals surface area (Å²) in [5.41, 5.74) is 1.28. The van der Waals surface area contributed by atoms with Gasteiger partial charge in [-0.3, -0.25) is 0 Å². The minimum atomic E-state index is 0.215. The number of hydrogen-bond acceptors (Lipinski definition) is 4. The predicted octanol–water partition coefficient (Wildman–Crippen LogP) is 3.40. The third kappa shape index (κ3) is 3.96. The largest absolute Gasteiger partial charge is 0.494 e. The van der Waals surface area contributed by atoms with Crippen LogP contribution in [0.5, 0.6) is 5.75 Å². The quantitative estimate of drug-likeness (QED) is 0.767. The molecule has 0 fully saturated rings. The third-order valence-corrected chi connectivity index (χ3v) is 3.27. The molecule has 0 atom stereocenters. The van der Waals surface area contributed by atoms with Gasteiger partial charge < -0.3 is 4.74 Å². The van der Waals surface area contributed by atoms with Gasteiger partial charge in [0, 0.05) is 18.0 Å². The first-order valence-electron chi connectivity index (χ1n) is 6.83. The highest BCUT2D eigenvalue weighted by atomic mass is 35.5. The summed E-state index contributed by atoms with van der Waals surface area (Å²) in [7, 11) is 0. The van der Waals surface area contributed by atoms with Gasteiger partial charge in [-0.2, -0.15) is 5.26 Å². The summed E-state index contributed by atoms with van der Waals surface area (Å²) < 4.78 is 7.42. The van der Waals surface area contributed by atoms with Crippen LogP contribution in [0, 0.1) is 11.3 Å². The van der Waals surface area contributed by atoms with Crippen LogP contribution in [-0.2, 0) is 6.54 Å². The standard InChI is InChI=1S/C15H17ClN4O/c1-11(2)15-14(10-17)18-19-20(15)8-3-9-21-13-6-4-12(16)5-7-13/h4-7,11H,3,8-9H2,1-2H3. The second kappa shape index (κ2) is 7.09. The fourth-order valence-electron chi connectivity index (χ4n) is 2.07. The Kier molecular flexibility index (Phi) is 5.18. The molecule has 6 heteroatoms. The van der Waals surface area contributed by atoms with Crippen molar-refractivity contribution >= 4 is 11.6 Å². The van der Waals surface area contributed by atoms with Gasteiger partial charge in [0.2, 0.25) is 0 Å². The molecule has 0 amide bonds. The van der Waals surface area contributed by atoms with Crippen molar-refractivity contribution < 1.29 is 4.74 Å². The van der Waals surface area contributed by atoms with Crippen LogP contribution in [0.25, 0.3) is 0 Å². The van der Waals surface area contributed by atoms with Crippen LogP contribution >= 0.6 is 11.6 Å². The van der Waals surface area contributed by atoms with Crippen LogP contribution in [-0.4, -0.2) is 21.6 Å². The number of benzene rings is 1. The van der Waals surface area contributed by atoms with Gasteiger partial charge in [0.05, 0.1) is 12.3 Å². The van der Waals surface area contributed by atoms with Crippen LogP contribution in [0.4, 0.5) is 0 Å². The van der Waals surface area contributed by atoms with Crippen LogP contribution in [0.15, 0.2) is 24.3 Å². The molecular formula is C15H17ClN4O. The summed E-state index contributed by atoms with van der Waals surface area (Å²) in [6.45, 7) is 5.30. The van der Waals surface area contributed by atoms with Crippen molar-refractivity contribution in [2.45, 2.75) is 32.7 Å². The summed E-state index contributed by atoms with van der Waals surface area (Å²) in [6, 6.07) is 9.35. The zero-order valence-corrected chi connectivity index (χ0v) is 12.8. The van der Waals surface area contributed by atoms with Crippen LogP contribution in [0.2, 0.25) is 5.02 Å². The molecule has 0 aliphatic rings. The summed E-state index contributed by atoms with van der Waals surface area (Å²) in [5.74, 6) is 1.01. The van der Waals surface area contributed by atoms with Crippen molar-refractivity contribution in [3.05, 3.63) is 40.7 Å².